The van der Waals surface area contributed by atoms with Crippen LogP contribution in [0, 0.1) is 5.21 Å². The van der Waals surface area contributed by atoms with Crippen LogP contribution in [0.5, 0.6) is 0 Å². The van der Waals surface area contributed by atoms with Crippen molar-refractivity contribution in [3.05, 3.63) is 41.1 Å². The van der Waals surface area contributed by atoms with Gasteiger partial charge in [0.05, 0.1) is 0 Å². The molecule has 0 aromatic heterocycles. The van der Waals surface area contributed by atoms with E-state index in [1.54, 1.807) is 0 Å². The third-order valence-corrected chi connectivity index (χ3v) is 6.00. The van der Waals surface area contributed by atoms with Gasteiger partial charge in [0.15, 0.2) is 0 Å². The van der Waals surface area contributed by atoms with Crippen molar-refractivity contribution in [1.29, 1.82) is 0 Å². The van der Waals surface area contributed by atoms with E-state index in [1.807, 2.05) is 18.2 Å². The number of hydrogen-bond acceptors (Lipinski definition) is 2. The molecule has 1 aromatic rings. The topological polar surface area (TPSA) is 26.3 Å². The Morgan fingerprint density at radius 1 is 0.552 bits per heavy atom. The average molecular weight is 403 g/mol. The molecule has 0 aliphatic heterocycles. The molecule has 0 N–H and O–H groups in total. The molecule has 0 bridgehead atoms. The summed E-state index contributed by atoms with van der Waals surface area (Å²) in [5.41, 5.74) is 1.26. The van der Waals surface area contributed by atoms with Crippen molar-refractivity contribution in [1.82, 2.24) is 5.06 Å². The van der Waals surface area contributed by atoms with E-state index in [4.69, 9.17) is 0 Å². The minimum absolute atomic E-state index is 0.628. The molecule has 0 fully saturated rings. The number of nitrogens with zero attached hydrogens (tertiary/aromatic N) is 1. The number of unbranched alkanes of at least 4 members (excludes halogenated alkanes) is 16. The Morgan fingerprint density at radius 2 is 0.966 bits per heavy atom. The molecule has 0 aliphatic carbocycles. The van der Waals surface area contributed by atoms with Crippen LogP contribution >= 0.6 is 0 Å². The van der Waals surface area contributed by atoms with Crippen LogP contribution in [0.25, 0.3) is 0 Å². The predicted molar refractivity (Wildman–Crippen MR) is 129 cm³/mol. The molecule has 0 heterocycles. The summed E-state index contributed by atoms with van der Waals surface area (Å²) in [6.45, 7) is 3.62. The van der Waals surface area contributed by atoms with Crippen LogP contribution in [-0.2, 0) is 6.42 Å². The molecule has 2 nitrogen and oxygen atoms in total. The van der Waals surface area contributed by atoms with Crippen molar-refractivity contribution in [2.45, 2.75) is 122 Å². The number of hydroxylamine groups is 2. The van der Waals surface area contributed by atoms with Crippen LogP contribution in [0.2, 0.25) is 0 Å². The number of hydrogen-bond donors (Lipinski definition) is 0. The Morgan fingerprint density at radius 3 is 1.41 bits per heavy atom. The maximum Gasteiger partial charge on any atom is -0.0103 e. The highest BCUT2D eigenvalue weighted by atomic mass is 16.5. The zero-order valence-electron chi connectivity index (χ0n) is 19.4. The lowest BCUT2D eigenvalue weighted by molar-refractivity contribution is 0.366. The Kier molecular flexibility index (Phi) is 18.4. The minimum atomic E-state index is 0.628. The molecular formula is C27H48NO-. The fourth-order valence-corrected chi connectivity index (χ4v) is 4.02. The van der Waals surface area contributed by atoms with E-state index in [9.17, 15) is 5.21 Å². The van der Waals surface area contributed by atoms with E-state index in [2.05, 4.69) is 19.1 Å². The molecule has 168 valence electrons. The standard InChI is InChI=1S/C27H48NO/c1-2-3-4-5-6-7-8-9-10-11-12-13-14-15-16-17-21-25-28(29)26-24-27-22-19-18-20-23-27/h18-20,22-23H,2-17,21,24-26H2,1H3/q-1. The number of rotatable bonds is 21. The van der Waals surface area contributed by atoms with Gasteiger partial charge >= 0.3 is 0 Å². The zero-order valence-corrected chi connectivity index (χ0v) is 19.4. The fraction of sp³-hybridized carbons (Fsp3) is 0.778. The van der Waals surface area contributed by atoms with Crippen LogP contribution in [-0.4, -0.2) is 18.2 Å². The van der Waals surface area contributed by atoms with E-state index in [-0.39, 0.29) is 0 Å². The van der Waals surface area contributed by atoms with Crippen molar-refractivity contribution in [3.63, 3.8) is 0 Å². The second-order valence-electron chi connectivity index (χ2n) is 8.82. The summed E-state index contributed by atoms with van der Waals surface area (Å²) in [6, 6.07) is 10.3. The maximum absolute atomic E-state index is 11.9. The van der Waals surface area contributed by atoms with Gasteiger partial charge in [-0.15, -0.1) is 0 Å². The van der Waals surface area contributed by atoms with Crippen molar-refractivity contribution in [2.24, 2.45) is 0 Å². The van der Waals surface area contributed by atoms with Crippen LogP contribution in [0.1, 0.15) is 122 Å². The van der Waals surface area contributed by atoms with Gasteiger partial charge in [-0.3, -0.25) is 0 Å². The van der Waals surface area contributed by atoms with Gasteiger partial charge in [0.2, 0.25) is 0 Å². The molecule has 1 rings (SSSR count). The average Bonchev–Trinajstić information content (AvgIpc) is 2.75. The Bertz CT molecular complexity index is 433. The van der Waals surface area contributed by atoms with Crippen molar-refractivity contribution < 1.29 is 0 Å². The van der Waals surface area contributed by atoms with Crippen LogP contribution in [0.3, 0.4) is 0 Å². The van der Waals surface area contributed by atoms with Gasteiger partial charge in [-0.25, -0.2) is 0 Å². The van der Waals surface area contributed by atoms with Gasteiger partial charge < -0.3 is 10.3 Å². The van der Waals surface area contributed by atoms with Crippen LogP contribution in [0.15, 0.2) is 30.3 Å². The first-order chi connectivity index (χ1) is 14.3. The van der Waals surface area contributed by atoms with Gasteiger partial charge in [-0.1, -0.05) is 140 Å². The predicted octanol–water partition coefficient (Wildman–Crippen LogP) is 8.68. The van der Waals surface area contributed by atoms with E-state index in [0.717, 1.165) is 12.8 Å². The Balaban J connectivity index is 1.73. The molecule has 2 heteroatoms. The molecule has 0 atom stereocenters. The van der Waals surface area contributed by atoms with Gasteiger partial charge in [-0.2, -0.15) is 0 Å². The molecule has 29 heavy (non-hydrogen) atoms. The Hall–Kier alpha value is -0.860. The largest absolute Gasteiger partial charge is 0.785 e. The summed E-state index contributed by atoms with van der Waals surface area (Å²) >= 11 is 0. The normalized spacial score (nSPS) is 11.4. The molecule has 0 radical (unpaired) electrons. The van der Waals surface area contributed by atoms with Gasteiger partial charge in [0, 0.05) is 0 Å². The molecule has 0 amide bonds. The molecule has 0 unspecified atom stereocenters. The highest BCUT2D eigenvalue weighted by molar-refractivity contribution is 5.14. The zero-order chi connectivity index (χ0) is 20.8. The highest BCUT2D eigenvalue weighted by Crippen LogP contribution is 2.14. The van der Waals surface area contributed by atoms with Crippen LogP contribution in [0.4, 0.5) is 0 Å². The Labute approximate surface area is 182 Å². The van der Waals surface area contributed by atoms with E-state index >= 15 is 0 Å². The van der Waals surface area contributed by atoms with Gasteiger partial charge in [0.1, 0.15) is 0 Å². The van der Waals surface area contributed by atoms with Crippen molar-refractivity contribution in [2.75, 3.05) is 13.1 Å². The van der Waals surface area contributed by atoms with Crippen molar-refractivity contribution >= 4 is 0 Å². The lowest BCUT2D eigenvalue weighted by atomic mass is 10.0. The quantitative estimate of drug-likeness (QED) is 0.152. The van der Waals surface area contributed by atoms with E-state index in [1.165, 1.54) is 113 Å². The molecular weight excluding hydrogens is 354 g/mol. The first-order valence-electron chi connectivity index (χ1n) is 12.8. The van der Waals surface area contributed by atoms with E-state index in [0.29, 0.717) is 13.1 Å². The summed E-state index contributed by atoms with van der Waals surface area (Å²) < 4.78 is 0. The summed E-state index contributed by atoms with van der Waals surface area (Å²) in [5.74, 6) is 0. The molecule has 0 spiro atoms. The highest BCUT2D eigenvalue weighted by Gasteiger charge is 1.97. The minimum Gasteiger partial charge on any atom is -0.785 e. The molecule has 1 aromatic carbocycles. The lowest BCUT2D eigenvalue weighted by Gasteiger charge is -2.28. The fourth-order valence-electron chi connectivity index (χ4n) is 4.02. The molecule has 0 aliphatic rings. The van der Waals surface area contributed by atoms with Gasteiger partial charge in [0.25, 0.3) is 0 Å². The second kappa shape index (κ2) is 20.4. The molecule has 0 saturated carbocycles. The summed E-state index contributed by atoms with van der Waals surface area (Å²) in [7, 11) is 0. The third kappa shape index (κ3) is 17.7. The first-order valence-corrected chi connectivity index (χ1v) is 12.8. The van der Waals surface area contributed by atoms with Crippen molar-refractivity contribution in [3.8, 4) is 0 Å². The van der Waals surface area contributed by atoms with E-state index < -0.39 is 0 Å². The summed E-state index contributed by atoms with van der Waals surface area (Å²) in [4.78, 5) is 0. The summed E-state index contributed by atoms with van der Waals surface area (Å²) in [5, 5.41) is 13.1. The smallest absolute Gasteiger partial charge is 0.0103 e. The maximum atomic E-state index is 11.9. The number of benzene rings is 1. The molecule has 0 saturated heterocycles. The first kappa shape index (κ1) is 26.2. The van der Waals surface area contributed by atoms with Gasteiger partial charge in [-0.05, 0) is 31.5 Å². The summed E-state index contributed by atoms with van der Waals surface area (Å²) in [6.07, 6.45) is 24.3. The second-order valence-corrected chi connectivity index (χ2v) is 8.82. The monoisotopic (exact) mass is 402 g/mol. The van der Waals surface area contributed by atoms with Crippen LogP contribution < -0.4 is 0 Å². The lowest BCUT2D eigenvalue weighted by Crippen LogP contribution is -2.20. The third-order valence-electron chi connectivity index (χ3n) is 6.00. The SMILES string of the molecule is CCCCCCCCCCCCCCCCCCCN([O-])CCc1ccccc1.